The number of benzene rings is 1. The van der Waals surface area contributed by atoms with Gasteiger partial charge in [-0.1, -0.05) is 30.3 Å². The molecule has 0 bridgehead atoms. The second kappa shape index (κ2) is 5.49. The normalized spacial score (nSPS) is 19.3. The summed E-state index contributed by atoms with van der Waals surface area (Å²) >= 11 is 0. The van der Waals surface area contributed by atoms with Crippen LogP contribution in [0.15, 0.2) is 36.4 Å². The molecular formula is C14H15NO3. The van der Waals surface area contributed by atoms with Crippen molar-refractivity contribution >= 4 is 18.0 Å². The van der Waals surface area contributed by atoms with E-state index in [1.807, 2.05) is 30.3 Å². The van der Waals surface area contributed by atoms with Crippen LogP contribution in [0, 0.1) is 0 Å². The maximum atomic E-state index is 11.9. The third kappa shape index (κ3) is 2.77. The quantitative estimate of drug-likeness (QED) is 0.826. The van der Waals surface area contributed by atoms with Crippen LogP contribution in [0.3, 0.4) is 0 Å². The minimum Gasteiger partial charge on any atom is -0.480 e. The highest BCUT2D eigenvalue weighted by Gasteiger charge is 2.32. The number of carbonyl (C=O) groups excluding carboxylic acids is 1. The summed E-state index contributed by atoms with van der Waals surface area (Å²) in [7, 11) is 0. The summed E-state index contributed by atoms with van der Waals surface area (Å²) in [6.07, 6.45) is 4.44. The van der Waals surface area contributed by atoms with Crippen LogP contribution in [0.4, 0.5) is 0 Å². The highest BCUT2D eigenvalue weighted by Crippen LogP contribution is 2.18. The molecule has 4 nitrogen and oxygen atoms in total. The number of carbonyl (C=O) groups is 2. The minimum absolute atomic E-state index is 0.233. The number of hydrogen-bond donors (Lipinski definition) is 1. The second-order valence-electron chi connectivity index (χ2n) is 4.27. The Balaban J connectivity index is 2.04. The van der Waals surface area contributed by atoms with Crippen molar-refractivity contribution in [3.63, 3.8) is 0 Å². The van der Waals surface area contributed by atoms with Crippen LogP contribution in [0.2, 0.25) is 0 Å². The molecule has 0 aromatic heterocycles. The van der Waals surface area contributed by atoms with Crippen LogP contribution in [-0.4, -0.2) is 34.5 Å². The first kappa shape index (κ1) is 12.4. The molecule has 1 unspecified atom stereocenters. The summed E-state index contributed by atoms with van der Waals surface area (Å²) in [5.41, 5.74) is 0.928. The predicted octanol–water partition coefficient (Wildman–Crippen LogP) is 1.78. The molecule has 1 atom stereocenters. The summed E-state index contributed by atoms with van der Waals surface area (Å²) < 4.78 is 0. The van der Waals surface area contributed by atoms with Crippen molar-refractivity contribution < 1.29 is 14.7 Å². The molecule has 2 rings (SSSR count). The summed E-state index contributed by atoms with van der Waals surface area (Å²) in [4.78, 5) is 24.3. The number of carboxylic acid groups (broad SMARTS) is 1. The van der Waals surface area contributed by atoms with E-state index >= 15 is 0 Å². The Morgan fingerprint density at radius 1 is 1.28 bits per heavy atom. The van der Waals surface area contributed by atoms with Gasteiger partial charge in [0.25, 0.3) is 0 Å². The van der Waals surface area contributed by atoms with Gasteiger partial charge in [-0.3, -0.25) is 4.79 Å². The summed E-state index contributed by atoms with van der Waals surface area (Å²) in [6, 6.07) is 8.79. The van der Waals surface area contributed by atoms with Gasteiger partial charge in [0.2, 0.25) is 5.91 Å². The van der Waals surface area contributed by atoms with E-state index in [-0.39, 0.29) is 5.91 Å². The maximum absolute atomic E-state index is 11.9. The van der Waals surface area contributed by atoms with E-state index in [9.17, 15) is 9.59 Å². The third-order valence-electron chi connectivity index (χ3n) is 3.04. The van der Waals surface area contributed by atoms with Crippen molar-refractivity contribution in [2.45, 2.75) is 18.9 Å². The first-order chi connectivity index (χ1) is 8.68. The van der Waals surface area contributed by atoms with Crippen LogP contribution in [-0.2, 0) is 9.59 Å². The topological polar surface area (TPSA) is 57.6 Å². The van der Waals surface area contributed by atoms with Gasteiger partial charge in [0.15, 0.2) is 0 Å². The van der Waals surface area contributed by atoms with Gasteiger partial charge in [-0.15, -0.1) is 0 Å². The van der Waals surface area contributed by atoms with E-state index < -0.39 is 12.0 Å². The number of hydrogen-bond acceptors (Lipinski definition) is 2. The standard InChI is InChI=1S/C14H15NO3/c16-13(9-8-11-5-2-1-3-6-11)15-10-4-7-12(15)14(17)18/h1-3,5-6,8-9,12H,4,7,10H2,(H,17,18)/b9-8+. The average molecular weight is 245 g/mol. The van der Waals surface area contributed by atoms with Gasteiger partial charge in [-0.2, -0.15) is 0 Å². The van der Waals surface area contributed by atoms with Gasteiger partial charge >= 0.3 is 5.97 Å². The van der Waals surface area contributed by atoms with Gasteiger partial charge in [0.1, 0.15) is 6.04 Å². The van der Waals surface area contributed by atoms with Crippen LogP contribution >= 0.6 is 0 Å². The molecule has 94 valence electrons. The van der Waals surface area contributed by atoms with Crippen molar-refractivity contribution in [2.75, 3.05) is 6.54 Å². The molecule has 0 radical (unpaired) electrons. The summed E-state index contributed by atoms with van der Waals surface area (Å²) in [6.45, 7) is 0.523. The fraction of sp³-hybridized carbons (Fsp3) is 0.286. The first-order valence-corrected chi connectivity index (χ1v) is 5.95. The average Bonchev–Trinajstić information content (AvgIpc) is 2.86. The molecule has 1 amide bonds. The zero-order chi connectivity index (χ0) is 13.0. The largest absolute Gasteiger partial charge is 0.480 e. The van der Waals surface area contributed by atoms with Crippen molar-refractivity contribution in [3.8, 4) is 0 Å². The summed E-state index contributed by atoms with van der Waals surface area (Å²) in [5.74, 6) is -1.15. The second-order valence-corrected chi connectivity index (χ2v) is 4.27. The Morgan fingerprint density at radius 3 is 2.67 bits per heavy atom. The SMILES string of the molecule is O=C(O)C1CCCN1C(=O)/C=C/c1ccccc1. The summed E-state index contributed by atoms with van der Waals surface area (Å²) in [5, 5.41) is 9.00. The zero-order valence-corrected chi connectivity index (χ0v) is 9.95. The number of aliphatic carboxylic acids is 1. The van der Waals surface area contributed by atoms with Gasteiger partial charge in [-0.25, -0.2) is 4.79 Å². The number of amides is 1. The molecule has 0 spiro atoms. The first-order valence-electron chi connectivity index (χ1n) is 5.95. The number of likely N-dealkylation sites (tertiary alicyclic amines) is 1. The van der Waals surface area contributed by atoms with E-state index in [1.54, 1.807) is 6.08 Å². The highest BCUT2D eigenvalue weighted by molar-refractivity contribution is 5.94. The predicted molar refractivity (Wildman–Crippen MR) is 67.8 cm³/mol. The molecule has 1 fully saturated rings. The molecule has 18 heavy (non-hydrogen) atoms. The number of carboxylic acids is 1. The van der Waals surface area contributed by atoms with Crippen LogP contribution in [0.1, 0.15) is 18.4 Å². The van der Waals surface area contributed by atoms with Crippen LogP contribution in [0.5, 0.6) is 0 Å². The lowest BCUT2D eigenvalue weighted by Crippen LogP contribution is -2.39. The fourth-order valence-corrected chi connectivity index (χ4v) is 2.11. The Labute approximate surface area is 106 Å². The van der Waals surface area contributed by atoms with Crippen molar-refractivity contribution in [1.82, 2.24) is 4.90 Å². The Hall–Kier alpha value is -2.10. The van der Waals surface area contributed by atoms with Gasteiger partial charge in [-0.05, 0) is 24.5 Å². The Bertz CT molecular complexity index is 467. The lowest BCUT2D eigenvalue weighted by Gasteiger charge is -2.19. The van der Waals surface area contributed by atoms with E-state index in [1.165, 1.54) is 11.0 Å². The number of rotatable bonds is 3. The zero-order valence-electron chi connectivity index (χ0n) is 9.95. The van der Waals surface area contributed by atoms with E-state index in [0.717, 1.165) is 12.0 Å². The van der Waals surface area contributed by atoms with Crippen molar-refractivity contribution in [3.05, 3.63) is 42.0 Å². The van der Waals surface area contributed by atoms with Crippen molar-refractivity contribution in [2.24, 2.45) is 0 Å². The molecule has 1 saturated heterocycles. The van der Waals surface area contributed by atoms with E-state index in [4.69, 9.17) is 5.11 Å². The highest BCUT2D eigenvalue weighted by atomic mass is 16.4. The maximum Gasteiger partial charge on any atom is 0.326 e. The molecule has 4 heteroatoms. The molecule has 1 aromatic rings. The molecule has 1 aliphatic rings. The van der Waals surface area contributed by atoms with Gasteiger partial charge in [0.05, 0.1) is 0 Å². The smallest absolute Gasteiger partial charge is 0.326 e. The van der Waals surface area contributed by atoms with Gasteiger partial charge < -0.3 is 10.0 Å². The molecular weight excluding hydrogens is 230 g/mol. The lowest BCUT2D eigenvalue weighted by molar-refractivity contribution is -0.146. The minimum atomic E-state index is -0.922. The van der Waals surface area contributed by atoms with E-state index in [2.05, 4.69) is 0 Å². The van der Waals surface area contributed by atoms with Crippen LogP contribution < -0.4 is 0 Å². The lowest BCUT2D eigenvalue weighted by atomic mass is 10.2. The van der Waals surface area contributed by atoms with Gasteiger partial charge in [0, 0.05) is 12.6 Å². The molecule has 0 aliphatic carbocycles. The molecule has 1 aromatic carbocycles. The monoisotopic (exact) mass is 245 g/mol. The number of nitrogens with zero attached hydrogens (tertiary/aromatic N) is 1. The molecule has 0 saturated carbocycles. The fourth-order valence-electron chi connectivity index (χ4n) is 2.11. The molecule has 1 N–H and O–H groups in total. The van der Waals surface area contributed by atoms with Crippen LogP contribution in [0.25, 0.3) is 6.08 Å². The Kier molecular flexibility index (Phi) is 3.77. The molecule has 1 aliphatic heterocycles. The van der Waals surface area contributed by atoms with Crippen molar-refractivity contribution in [1.29, 1.82) is 0 Å². The Morgan fingerprint density at radius 2 is 2.00 bits per heavy atom. The third-order valence-corrected chi connectivity index (χ3v) is 3.04. The van der Waals surface area contributed by atoms with E-state index in [0.29, 0.717) is 13.0 Å². The molecule has 1 heterocycles.